The number of likely N-dealkylation sites (N-methyl/N-ethyl adjacent to an activating group) is 1. The lowest BCUT2D eigenvalue weighted by molar-refractivity contribution is 0.0938. The van der Waals surface area contributed by atoms with Crippen LogP contribution in [0.3, 0.4) is 0 Å². The van der Waals surface area contributed by atoms with Crippen LogP contribution in [-0.4, -0.2) is 18.4 Å². The quantitative estimate of drug-likeness (QED) is 0.745. The van der Waals surface area contributed by atoms with Crippen LogP contribution in [-0.2, 0) is 0 Å². The third-order valence-electron chi connectivity index (χ3n) is 2.68. The highest BCUT2D eigenvalue weighted by Gasteiger charge is 2.17. The van der Waals surface area contributed by atoms with Gasteiger partial charge in [-0.1, -0.05) is 50.1 Å². The van der Waals surface area contributed by atoms with Crippen LogP contribution in [0.5, 0.6) is 0 Å². The van der Waals surface area contributed by atoms with Crippen molar-refractivity contribution in [2.75, 3.05) is 6.54 Å². The summed E-state index contributed by atoms with van der Waals surface area (Å²) in [6.07, 6.45) is 1.93. The standard InChI is InChI=1S/C14H21NO/c1-4-6-13(15-5-2)14(16)12-9-7-11(3)8-10-12/h7-10,13,15H,4-6H2,1-3H3/t13-/m1/s1. The van der Waals surface area contributed by atoms with E-state index in [1.807, 2.05) is 38.1 Å². The number of ketones is 1. The average molecular weight is 219 g/mol. The van der Waals surface area contributed by atoms with Crippen LogP contribution in [0, 0.1) is 6.92 Å². The summed E-state index contributed by atoms with van der Waals surface area (Å²) < 4.78 is 0. The van der Waals surface area contributed by atoms with Crippen LogP contribution in [0.2, 0.25) is 0 Å². The van der Waals surface area contributed by atoms with Gasteiger partial charge in [0.05, 0.1) is 6.04 Å². The van der Waals surface area contributed by atoms with Crippen LogP contribution in [0.25, 0.3) is 0 Å². The summed E-state index contributed by atoms with van der Waals surface area (Å²) in [5.74, 6) is 0.212. The summed E-state index contributed by atoms with van der Waals surface area (Å²) in [7, 11) is 0. The van der Waals surface area contributed by atoms with Gasteiger partial charge in [0, 0.05) is 5.56 Å². The SMILES string of the molecule is CCC[C@@H](NCC)C(=O)c1ccc(C)cc1. The van der Waals surface area contributed by atoms with Gasteiger partial charge < -0.3 is 5.32 Å². The molecule has 1 aromatic carbocycles. The van der Waals surface area contributed by atoms with E-state index in [9.17, 15) is 4.79 Å². The molecule has 2 heteroatoms. The van der Waals surface area contributed by atoms with E-state index in [4.69, 9.17) is 0 Å². The predicted molar refractivity (Wildman–Crippen MR) is 67.9 cm³/mol. The fourth-order valence-corrected chi connectivity index (χ4v) is 1.78. The lowest BCUT2D eigenvalue weighted by atomic mass is 9.99. The zero-order valence-corrected chi connectivity index (χ0v) is 10.4. The molecule has 16 heavy (non-hydrogen) atoms. The number of carbonyl (C=O) groups is 1. The molecule has 0 heterocycles. The molecular weight excluding hydrogens is 198 g/mol. The Hall–Kier alpha value is -1.15. The van der Waals surface area contributed by atoms with Gasteiger partial charge in [-0.15, -0.1) is 0 Å². The Morgan fingerprint density at radius 1 is 1.25 bits per heavy atom. The molecule has 0 aliphatic carbocycles. The van der Waals surface area contributed by atoms with Gasteiger partial charge in [-0.05, 0) is 19.9 Å². The van der Waals surface area contributed by atoms with Crippen LogP contribution in [0.15, 0.2) is 24.3 Å². The second kappa shape index (κ2) is 6.44. The molecule has 0 aliphatic heterocycles. The molecule has 0 amide bonds. The van der Waals surface area contributed by atoms with Crippen LogP contribution >= 0.6 is 0 Å². The fraction of sp³-hybridized carbons (Fsp3) is 0.500. The van der Waals surface area contributed by atoms with Crippen molar-refractivity contribution in [3.05, 3.63) is 35.4 Å². The third-order valence-corrected chi connectivity index (χ3v) is 2.68. The van der Waals surface area contributed by atoms with E-state index in [0.29, 0.717) is 0 Å². The monoisotopic (exact) mass is 219 g/mol. The second-order valence-electron chi connectivity index (χ2n) is 4.13. The Balaban J connectivity index is 2.77. The number of rotatable bonds is 6. The first-order chi connectivity index (χ1) is 7.69. The number of aryl methyl sites for hydroxylation is 1. The fourth-order valence-electron chi connectivity index (χ4n) is 1.78. The molecule has 0 fully saturated rings. The van der Waals surface area contributed by atoms with Crippen molar-refractivity contribution in [3.8, 4) is 0 Å². The lowest BCUT2D eigenvalue weighted by Crippen LogP contribution is -2.36. The summed E-state index contributed by atoms with van der Waals surface area (Å²) >= 11 is 0. The van der Waals surface area contributed by atoms with E-state index < -0.39 is 0 Å². The highest BCUT2D eigenvalue weighted by atomic mass is 16.1. The number of benzene rings is 1. The summed E-state index contributed by atoms with van der Waals surface area (Å²) in [5, 5.41) is 3.25. The average Bonchev–Trinajstić information content (AvgIpc) is 2.29. The minimum absolute atomic E-state index is 0.0299. The topological polar surface area (TPSA) is 29.1 Å². The van der Waals surface area contributed by atoms with Crippen LogP contribution in [0.4, 0.5) is 0 Å². The summed E-state index contributed by atoms with van der Waals surface area (Å²) in [6, 6.07) is 7.78. The minimum Gasteiger partial charge on any atom is -0.307 e. The number of Topliss-reactive ketones (excluding diaryl/α,β-unsaturated/α-hetero) is 1. The molecule has 88 valence electrons. The van der Waals surface area contributed by atoms with Crippen molar-refractivity contribution < 1.29 is 4.79 Å². The first-order valence-electron chi connectivity index (χ1n) is 6.03. The number of hydrogen-bond donors (Lipinski definition) is 1. The van der Waals surface area contributed by atoms with Gasteiger partial charge in [-0.25, -0.2) is 0 Å². The minimum atomic E-state index is -0.0299. The lowest BCUT2D eigenvalue weighted by Gasteiger charge is -2.15. The summed E-state index contributed by atoms with van der Waals surface area (Å²) in [4.78, 5) is 12.2. The number of hydrogen-bond acceptors (Lipinski definition) is 2. The third kappa shape index (κ3) is 3.46. The van der Waals surface area contributed by atoms with Crippen molar-refractivity contribution in [2.24, 2.45) is 0 Å². The van der Waals surface area contributed by atoms with Crippen LogP contribution in [0.1, 0.15) is 42.6 Å². The van der Waals surface area contributed by atoms with E-state index in [-0.39, 0.29) is 11.8 Å². The maximum Gasteiger partial charge on any atom is 0.179 e. The Bertz CT molecular complexity index is 323. The van der Waals surface area contributed by atoms with Gasteiger partial charge in [0.25, 0.3) is 0 Å². The molecule has 0 saturated carbocycles. The molecule has 0 spiro atoms. The van der Waals surface area contributed by atoms with Gasteiger partial charge in [0.15, 0.2) is 5.78 Å². The normalized spacial score (nSPS) is 12.4. The van der Waals surface area contributed by atoms with Crippen molar-refractivity contribution in [2.45, 2.75) is 39.7 Å². The molecule has 0 aliphatic rings. The number of nitrogens with one attached hydrogen (secondary N) is 1. The van der Waals surface area contributed by atoms with Crippen molar-refractivity contribution in [1.29, 1.82) is 0 Å². The van der Waals surface area contributed by atoms with Gasteiger partial charge >= 0.3 is 0 Å². The van der Waals surface area contributed by atoms with E-state index in [1.165, 1.54) is 5.56 Å². The molecule has 2 nitrogen and oxygen atoms in total. The van der Waals surface area contributed by atoms with Gasteiger partial charge in [0.1, 0.15) is 0 Å². The summed E-state index contributed by atoms with van der Waals surface area (Å²) in [5.41, 5.74) is 2.00. The maximum absolute atomic E-state index is 12.2. The van der Waals surface area contributed by atoms with Gasteiger partial charge in [-0.3, -0.25) is 4.79 Å². The molecule has 0 radical (unpaired) electrons. The second-order valence-corrected chi connectivity index (χ2v) is 4.13. The summed E-state index contributed by atoms with van der Waals surface area (Å²) in [6.45, 7) is 7.00. The van der Waals surface area contributed by atoms with Gasteiger partial charge in [-0.2, -0.15) is 0 Å². The zero-order chi connectivity index (χ0) is 12.0. The highest BCUT2D eigenvalue weighted by molar-refractivity contribution is 6.00. The van der Waals surface area contributed by atoms with Crippen LogP contribution < -0.4 is 5.32 Å². The molecule has 0 saturated heterocycles. The van der Waals surface area contributed by atoms with Gasteiger partial charge in [0.2, 0.25) is 0 Å². The van der Waals surface area contributed by atoms with E-state index in [1.54, 1.807) is 0 Å². The molecule has 1 aromatic rings. The first-order valence-corrected chi connectivity index (χ1v) is 6.03. The maximum atomic E-state index is 12.2. The molecule has 1 N–H and O–H groups in total. The Kier molecular flexibility index (Phi) is 5.20. The van der Waals surface area contributed by atoms with E-state index in [0.717, 1.165) is 24.9 Å². The largest absolute Gasteiger partial charge is 0.307 e. The van der Waals surface area contributed by atoms with Crippen molar-refractivity contribution in [3.63, 3.8) is 0 Å². The van der Waals surface area contributed by atoms with E-state index in [2.05, 4.69) is 12.2 Å². The molecule has 0 bridgehead atoms. The molecule has 0 aromatic heterocycles. The molecular formula is C14H21NO. The highest BCUT2D eigenvalue weighted by Crippen LogP contribution is 2.09. The molecule has 1 atom stereocenters. The number of carbonyl (C=O) groups excluding carboxylic acids is 1. The Labute approximate surface area is 98.1 Å². The molecule has 1 rings (SSSR count). The molecule has 0 unspecified atom stereocenters. The predicted octanol–water partition coefficient (Wildman–Crippen LogP) is 2.96. The van der Waals surface area contributed by atoms with Crippen molar-refractivity contribution >= 4 is 5.78 Å². The first kappa shape index (κ1) is 12.9. The smallest absolute Gasteiger partial charge is 0.179 e. The van der Waals surface area contributed by atoms with E-state index >= 15 is 0 Å². The Morgan fingerprint density at radius 3 is 2.38 bits per heavy atom. The Morgan fingerprint density at radius 2 is 1.88 bits per heavy atom. The zero-order valence-electron chi connectivity index (χ0n) is 10.4. The van der Waals surface area contributed by atoms with Crippen molar-refractivity contribution in [1.82, 2.24) is 5.32 Å².